The number of hydrogen-bond acceptors (Lipinski definition) is 3. The highest BCUT2D eigenvalue weighted by Crippen LogP contribution is 2.26. The van der Waals surface area contributed by atoms with Crippen LogP contribution in [0.1, 0.15) is 16.7 Å². The molecule has 0 spiro atoms. The van der Waals surface area contributed by atoms with Gasteiger partial charge in [-0.1, -0.05) is 12.1 Å². The Bertz CT molecular complexity index is 578. The lowest BCUT2D eigenvalue weighted by molar-refractivity contribution is 0.718. The van der Waals surface area contributed by atoms with Gasteiger partial charge in [0.1, 0.15) is 5.82 Å². The van der Waals surface area contributed by atoms with Crippen LogP contribution in [-0.2, 0) is 13.0 Å². The molecule has 2 heterocycles. The number of fused-ring (bicyclic) bond motifs is 1. The summed E-state index contributed by atoms with van der Waals surface area (Å²) in [7, 11) is 0. The van der Waals surface area contributed by atoms with Gasteiger partial charge in [-0.25, -0.2) is 4.98 Å². The Morgan fingerprint density at radius 3 is 2.94 bits per heavy atom. The molecular formula is C15H17N3. The molecule has 0 radical (unpaired) electrons. The number of benzene rings is 1. The van der Waals surface area contributed by atoms with E-state index in [4.69, 9.17) is 5.73 Å². The lowest BCUT2D eigenvalue weighted by Gasteiger charge is -2.30. The van der Waals surface area contributed by atoms with Gasteiger partial charge in [-0.15, -0.1) is 0 Å². The molecule has 18 heavy (non-hydrogen) atoms. The first-order valence-corrected chi connectivity index (χ1v) is 6.28. The minimum Gasteiger partial charge on any atom is -0.399 e. The number of anilines is 2. The summed E-state index contributed by atoms with van der Waals surface area (Å²) in [4.78, 5) is 6.82. The summed E-state index contributed by atoms with van der Waals surface area (Å²) >= 11 is 0. The number of aromatic nitrogens is 1. The molecule has 0 fully saturated rings. The molecule has 2 N–H and O–H groups in total. The van der Waals surface area contributed by atoms with Gasteiger partial charge in [0.05, 0.1) is 0 Å². The second kappa shape index (κ2) is 4.33. The molecule has 0 amide bonds. The van der Waals surface area contributed by atoms with Gasteiger partial charge in [0, 0.05) is 25.0 Å². The molecule has 0 saturated carbocycles. The van der Waals surface area contributed by atoms with Crippen molar-refractivity contribution in [3.63, 3.8) is 0 Å². The van der Waals surface area contributed by atoms with Gasteiger partial charge in [-0.05, 0) is 48.2 Å². The van der Waals surface area contributed by atoms with Crippen molar-refractivity contribution in [2.24, 2.45) is 0 Å². The van der Waals surface area contributed by atoms with Gasteiger partial charge in [0.25, 0.3) is 0 Å². The number of pyridine rings is 1. The average molecular weight is 239 g/mol. The van der Waals surface area contributed by atoms with Crippen molar-refractivity contribution >= 4 is 11.5 Å². The molecule has 1 aromatic heterocycles. The Kier molecular flexibility index (Phi) is 2.67. The maximum Gasteiger partial charge on any atom is 0.131 e. The molecule has 0 atom stereocenters. The first-order chi connectivity index (χ1) is 8.74. The lowest BCUT2D eigenvalue weighted by atomic mass is 9.99. The van der Waals surface area contributed by atoms with E-state index in [9.17, 15) is 0 Å². The summed E-state index contributed by atoms with van der Waals surface area (Å²) < 4.78 is 0. The van der Waals surface area contributed by atoms with Crippen LogP contribution < -0.4 is 10.6 Å². The Morgan fingerprint density at radius 1 is 1.22 bits per heavy atom. The van der Waals surface area contributed by atoms with Gasteiger partial charge >= 0.3 is 0 Å². The zero-order valence-corrected chi connectivity index (χ0v) is 10.6. The summed E-state index contributed by atoms with van der Waals surface area (Å²) in [6.07, 6.45) is 2.92. The Hall–Kier alpha value is -2.03. The van der Waals surface area contributed by atoms with Crippen LogP contribution in [0.2, 0.25) is 0 Å². The molecule has 3 rings (SSSR count). The molecule has 1 aliphatic heterocycles. The third kappa shape index (κ3) is 1.92. The maximum absolute atomic E-state index is 5.86. The number of rotatable bonds is 1. The molecule has 0 bridgehead atoms. The Labute approximate surface area is 107 Å². The van der Waals surface area contributed by atoms with Crippen LogP contribution in [0.3, 0.4) is 0 Å². The summed E-state index contributed by atoms with van der Waals surface area (Å²) in [6, 6.07) is 10.3. The van der Waals surface area contributed by atoms with E-state index < -0.39 is 0 Å². The number of aryl methyl sites for hydroxylation is 1. The SMILES string of the molecule is Cc1cccnc1N1CCc2ccc(N)cc2C1. The largest absolute Gasteiger partial charge is 0.399 e. The van der Waals surface area contributed by atoms with Crippen molar-refractivity contribution in [1.82, 2.24) is 4.98 Å². The quantitative estimate of drug-likeness (QED) is 0.778. The molecule has 3 heteroatoms. The van der Waals surface area contributed by atoms with Crippen molar-refractivity contribution in [1.29, 1.82) is 0 Å². The molecule has 0 saturated heterocycles. The number of nitrogens with zero attached hydrogens (tertiary/aromatic N) is 2. The van der Waals surface area contributed by atoms with E-state index in [1.807, 2.05) is 18.3 Å². The fourth-order valence-electron chi connectivity index (χ4n) is 2.57. The van der Waals surface area contributed by atoms with Crippen molar-refractivity contribution in [3.05, 3.63) is 53.2 Å². The standard InChI is InChI=1S/C15H17N3/c1-11-3-2-7-17-15(11)18-8-6-12-4-5-14(16)9-13(12)10-18/h2-5,7,9H,6,8,10,16H2,1H3. The lowest BCUT2D eigenvalue weighted by Crippen LogP contribution is -2.31. The van der Waals surface area contributed by atoms with Gasteiger partial charge in [-0.3, -0.25) is 0 Å². The summed E-state index contributed by atoms with van der Waals surface area (Å²) in [5, 5.41) is 0. The monoisotopic (exact) mass is 239 g/mol. The molecular weight excluding hydrogens is 222 g/mol. The maximum atomic E-state index is 5.86. The number of nitrogen functional groups attached to an aromatic ring is 1. The predicted octanol–water partition coefficient (Wildman–Crippen LogP) is 2.53. The van der Waals surface area contributed by atoms with Gasteiger partial charge < -0.3 is 10.6 Å². The molecule has 0 unspecified atom stereocenters. The van der Waals surface area contributed by atoms with Crippen LogP contribution in [0.5, 0.6) is 0 Å². The Balaban J connectivity index is 1.93. The smallest absolute Gasteiger partial charge is 0.131 e. The van der Waals surface area contributed by atoms with E-state index in [0.717, 1.165) is 31.0 Å². The van der Waals surface area contributed by atoms with Crippen LogP contribution in [0.15, 0.2) is 36.5 Å². The van der Waals surface area contributed by atoms with Crippen LogP contribution in [0.4, 0.5) is 11.5 Å². The van der Waals surface area contributed by atoms with Gasteiger partial charge in [-0.2, -0.15) is 0 Å². The van der Waals surface area contributed by atoms with E-state index >= 15 is 0 Å². The number of nitrogens with two attached hydrogens (primary N) is 1. The minimum absolute atomic E-state index is 0.841. The second-order valence-electron chi connectivity index (χ2n) is 4.84. The predicted molar refractivity (Wildman–Crippen MR) is 74.6 cm³/mol. The van der Waals surface area contributed by atoms with E-state index in [1.165, 1.54) is 16.7 Å². The summed E-state index contributed by atoms with van der Waals surface area (Å²) in [6.45, 7) is 4.03. The van der Waals surface area contributed by atoms with E-state index in [2.05, 4.69) is 35.0 Å². The molecule has 1 aromatic carbocycles. The van der Waals surface area contributed by atoms with E-state index in [-0.39, 0.29) is 0 Å². The van der Waals surface area contributed by atoms with E-state index in [0.29, 0.717) is 0 Å². The van der Waals surface area contributed by atoms with Crippen molar-refractivity contribution in [2.45, 2.75) is 19.9 Å². The van der Waals surface area contributed by atoms with Crippen LogP contribution >= 0.6 is 0 Å². The molecule has 3 nitrogen and oxygen atoms in total. The zero-order chi connectivity index (χ0) is 12.5. The summed E-state index contributed by atoms with van der Waals surface area (Å²) in [5.74, 6) is 1.09. The van der Waals surface area contributed by atoms with E-state index in [1.54, 1.807) is 0 Å². The fourth-order valence-corrected chi connectivity index (χ4v) is 2.57. The van der Waals surface area contributed by atoms with Crippen LogP contribution in [0, 0.1) is 6.92 Å². The molecule has 1 aliphatic rings. The van der Waals surface area contributed by atoms with Crippen LogP contribution in [0.25, 0.3) is 0 Å². The first-order valence-electron chi connectivity index (χ1n) is 6.28. The average Bonchev–Trinajstić information content (AvgIpc) is 2.38. The van der Waals surface area contributed by atoms with Crippen LogP contribution in [-0.4, -0.2) is 11.5 Å². The first kappa shape index (κ1) is 11.1. The Morgan fingerprint density at radius 2 is 2.11 bits per heavy atom. The molecule has 92 valence electrons. The normalized spacial score (nSPS) is 14.4. The second-order valence-corrected chi connectivity index (χ2v) is 4.84. The summed E-state index contributed by atoms with van der Waals surface area (Å²) in [5.41, 5.74) is 10.7. The third-order valence-electron chi connectivity index (χ3n) is 3.52. The molecule has 0 aliphatic carbocycles. The highest BCUT2D eigenvalue weighted by molar-refractivity contribution is 5.52. The van der Waals surface area contributed by atoms with Crippen molar-refractivity contribution in [3.8, 4) is 0 Å². The van der Waals surface area contributed by atoms with Gasteiger partial charge in [0.2, 0.25) is 0 Å². The van der Waals surface area contributed by atoms with Crippen molar-refractivity contribution < 1.29 is 0 Å². The number of hydrogen-bond donors (Lipinski definition) is 1. The fraction of sp³-hybridized carbons (Fsp3) is 0.267. The highest BCUT2D eigenvalue weighted by Gasteiger charge is 2.18. The zero-order valence-electron chi connectivity index (χ0n) is 10.6. The minimum atomic E-state index is 0.841. The van der Waals surface area contributed by atoms with Crippen molar-refractivity contribution in [2.75, 3.05) is 17.2 Å². The third-order valence-corrected chi connectivity index (χ3v) is 3.52. The topological polar surface area (TPSA) is 42.2 Å². The van der Waals surface area contributed by atoms with Gasteiger partial charge in [0.15, 0.2) is 0 Å². The highest BCUT2D eigenvalue weighted by atomic mass is 15.2. The molecule has 2 aromatic rings.